The molecule has 26 heavy (non-hydrogen) atoms. The average molecular weight is 347 g/mol. The molecule has 0 N–H and O–H groups in total. The minimum absolute atomic E-state index is 0.583. The minimum atomic E-state index is 0.583. The van der Waals surface area contributed by atoms with Gasteiger partial charge in [0.15, 0.2) is 0 Å². The van der Waals surface area contributed by atoms with Crippen LogP contribution in [0.5, 0.6) is 0 Å². The van der Waals surface area contributed by atoms with Crippen LogP contribution in [0, 0.1) is 12.8 Å². The third-order valence-corrected chi connectivity index (χ3v) is 4.84. The zero-order chi connectivity index (χ0) is 18.1. The molecular weight excluding hydrogens is 322 g/mol. The molecule has 0 saturated heterocycles. The van der Waals surface area contributed by atoms with Crippen LogP contribution in [-0.4, -0.2) is 26.3 Å². The molecule has 5 nitrogen and oxygen atoms in total. The molecule has 0 unspecified atom stereocenters. The maximum atomic E-state index is 4.73. The summed E-state index contributed by atoms with van der Waals surface area (Å²) in [7, 11) is 0. The molecule has 0 spiro atoms. The van der Waals surface area contributed by atoms with Crippen LogP contribution in [0.2, 0.25) is 0 Å². The zero-order valence-electron chi connectivity index (χ0n) is 15.7. The number of aromatic nitrogens is 4. The van der Waals surface area contributed by atoms with Crippen LogP contribution in [-0.2, 0) is 19.5 Å². The van der Waals surface area contributed by atoms with E-state index in [0.717, 1.165) is 43.0 Å². The number of rotatable bonds is 4. The van der Waals surface area contributed by atoms with E-state index in [-0.39, 0.29) is 0 Å². The fraction of sp³-hybridized carbons (Fsp3) is 0.381. The van der Waals surface area contributed by atoms with Gasteiger partial charge in [0.25, 0.3) is 0 Å². The number of aryl methyl sites for hydroxylation is 1. The van der Waals surface area contributed by atoms with Crippen LogP contribution in [0.25, 0.3) is 11.1 Å². The van der Waals surface area contributed by atoms with Crippen molar-refractivity contribution in [3.05, 3.63) is 59.8 Å². The van der Waals surface area contributed by atoms with Gasteiger partial charge in [0.2, 0.25) is 0 Å². The van der Waals surface area contributed by atoms with Gasteiger partial charge in [0, 0.05) is 61.5 Å². The summed E-state index contributed by atoms with van der Waals surface area (Å²) in [6, 6.07) is 6.38. The van der Waals surface area contributed by atoms with Crippen molar-refractivity contribution in [2.75, 3.05) is 11.4 Å². The molecule has 0 fully saturated rings. The molecule has 0 radical (unpaired) electrons. The van der Waals surface area contributed by atoms with Gasteiger partial charge in [-0.25, -0.2) is 4.98 Å². The summed E-state index contributed by atoms with van der Waals surface area (Å²) in [6.45, 7) is 9.28. The van der Waals surface area contributed by atoms with Gasteiger partial charge in [0.1, 0.15) is 5.82 Å². The smallest absolute Gasteiger partial charge is 0.131 e. The predicted octanol–water partition coefficient (Wildman–Crippen LogP) is 3.87. The number of hydrogen-bond donors (Lipinski definition) is 0. The number of pyridine rings is 2. The maximum Gasteiger partial charge on any atom is 0.131 e. The molecule has 0 bridgehead atoms. The summed E-state index contributed by atoms with van der Waals surface area (Å²) in [5, 5.41) is 4.49. The summed E-state index contributed by atoms with van der Waals surface area (Å²) >= 11 is 0. The molecule has 4 rings (SSSR count). The third kappa shape index (κ3) is 3.34. The fourth-order valence-corrected chi connectivity index (χ4v) is 3.56. The SMILES string of the molecule is Cc1cccnc1N1CCc2ncc(-c3cnn(CC(C)C)c3)cc2C1. The Morgan fingerprint density at radius 1 is 1.15 bits per heavy atom. The second-order valence-corrected chi connectivity index (χ2v) is 7.49. The van der Waals surface area contributed by atoms with Crippen LogP contribution < -0.4 is 4.90 Å². The van der Waals surface area contributed by atoms with Gasteiger partial charge >= 0.3 is 0 Å². The summed E-state index contributed by atoms with van der Waals surface area (Å²) < 4.78 is 2.02. The van der Waals surface area contributed by atoms with Gasteiger partial charge in [-0.2, -0.15) is 5.10 Å². The molecule has 0 aromatic carbocycles. The summed E-state index contributed by atoms with van der Waals surface area (Å²) in [6.07, 6.45) is 8.87. The van der Waals surface area contributed by atoms with Gasteiger partial charge in [-0.1, -0.05) is 19.9 Å². The first-order chi connectivity index (χ1) is 12.6. The molecule has 0 atom stereocenters. The molecule has 5 heteroatoms. The Balaban J connectivity index is 1.60. The lowest BCUT2D eigenvalue weighted by molar-refractivity contribution is 0.483. The molecule has 0 saturated carbocycles. The molecule has 1 aliphatic heterocycles. The van der Waals surface area contributed by atoms with Crippen molar-refractivity contribution in [1.82, 2.24) is 19.7 Å². The van der Waals surface area contributed by atoms with Gasteiger partial charge in [-0.3, -0.25) is 9.67 Å². The van der Waals surface area contributed by atoms with Crippen molar-refractivity contribution in [2.24, 2.45) is 5.92 Å². The summed E-state index contributed by atoms with van der Waals surface area (Å²) in [5.41, 5.74) is 5.98. The Kier molecular flexibility index (Phi) is 4.45. The van der Waals surface area contributed by atoms with E-state index in [1.807, 2.05) is 29.3 Å². The average Bonchev–Trinajstić information content (AvgIpc) is 3.09. The van der Waals surface area contributed by atoms with Crippen molar-refractivity contribution in [3.8, 4) is 11.1 Å². The van der Waals surface area contributed by atoms with Crippen LogP contribution in [0.15, 0.2) is 43.0 Å². The highest BCUT2D eigenvalue weighted by Gasteiger charge is 2.20. The first kappa shape index (κ1) is 16.8. The number of hydrogen-bond acceptors (Lipinski definition) is 4. The van der Waals surface area contributed by atoms with Crippen molar-refractivity contribution in [1.29, 1.82) is 0 Å². The van der Waals surface area contributed by atoms with E-state index in [9.17, 15) is 0 Å². The van der Waals surface area contributed by atoms with E-state index in [1.54, 1.807) is 0 Å². The standard InChI is InChI=1S/C21H25N5/c1-15(2)12-26-14-19(11-24-26)17-9-18-13-25(8-6-20(18)23-10-17)21-16(3)5-4-7-22-21/h4-5,7,9-11,14-15H,6,8,12-13H2,1-3H3. The molecule has 3 aromatic heterocycles. The van der Waals surface area contributed by atoms with E-state index in [2.05, 4.69) is 54.1 Å². The third-order valence-electron chi connectivity index (χ3n) is 4.84. The van der Waals surface area contributed by atoms with Crippen molar-refractivity contribution < 1.29 is 0 Å². The lowest BCUT2D eigenvalue weighted by atomic mass is 10.0. The number of anilines is 1. The highest BCUT2D eigenvalue weighted by molar-refractivity contribution is 5.62. The number of fused-ring (bicyclic) bond motifs is 1. The molecule has 1 aliphatic rings. The van der Waals surface area contributed by atoms with E-state index in [1.165, 1.54) is 16.8 Å². The molecule has 4 heterocycles. The van der Waals surface area contributed by atoms with Crippen molar-refractivity contribution in [2.45, 2.75) is 40.3 Å². The Hall–Kier alpha value is -2.69. The maximum absolute atomic E-state index is 4.73. The second kappa shape index (κ2) is 6.90. The molecule has 134 valence electrons. The largest absolute Gasteiger partial charge is 0.352 e. The predicted molar refractivity (Wildman–Crippen MR) is 104 cm³/mol. The monoisotopic (exact) mass is 347 g/mol. The highest BCUT2D eigenvalue weighted by Crippen LogP contribution is 2.27. The van der Waals surface area contributed by atoms with Gasteiger partial charge in [-0.05, 0) is 36.1 Å². The Bertz CT molecular complexity index is 912. The molecule has 3 aromatic rings. The van der Waals surface area contributed by atoms with Crippen molar-refractivity contribution >= 4 is 5.82 Å². The van der Waals surface area contributed by atoms with E-state index in [0.29, 0.717) is 5.92 Å². The number of nitrogens with zero attached hydrogens (tertiary/aromatic N) is 5. The van der Waals surface area contributed by atoms with Crippen LogP contribution in [0.4, 0.5) is 5.82 Å². The van der Waals surface area contributed by atoms with Crippen LogP contribution in [0.3, 0.4) is 0 Å². The Morgan fingerprint density at radius 3 is 2.85 bits per heavy atom. The quantitative estimate of drug-likeness (QED) is 0.719. The normalized spacial score (nSPS) is 13.9. The Morgan fingerprint density at radius 2 is 2.04 bits per heavy atom. The topological polar surface area (TPSA) is 46.8 Å². The first-order valence-electron chi connectivity index (χ1n) is 9.27. The molecule has 0 aliphatic carbocycles. The lowest BCUT2D eigenvalue weighted by Gasteiger charge is -2.30. The zero-order valence-corrected chi connectivity index (χ0v) is 15.7. The molecular formula is C21H25N5. The van der Waals surface area contributed by atoms with Gasteiger partial charge < -0.3 is 4.90 Å². The summed E-state index contributed by atoms with van der Waals surface area (Å²) in [4.78, 5) is 11.7. The minimum Gasteiger partial charge on any atom is -0.352 e. The Labute approximate surface area is 154 Å². The lowest BCUT2D eigenvalue weighted by Crippen LogP contribution is -2.32. The van der Waals surface area contributed by atoms with Crippen molar-refractivity contribution in [3.63, 3.8) is 0 Å². The summed E-state index contributed by atoms with van der Waals surface area (Å²) in [5.74, 6) is 1.66. The van der Waals surface area contributed by atoms with E-state index in [4.69, 9.17) is 4.98 Å². The van der Waals surface area contributed by atoms with E-state index >= 15 is 0 Å². The first-order valence-corrected chi connectivity index (χ1v) is 9.27. The van der Waals surface area contributed by atoms with Crippen LogP contribution in [0.1, 0.15) is 30.7 Å². The van der Waals surface area contributed by atoms with Crippen LogP contribution >= 0.6 is 0 Å². The van der Waals surface area contributed by atoms with Gasteiger partial charge in [-0.15, -0.1) is 0 Å². The molecule has 0 amide bonds. The second-order valence-electron chi connectivity index (χ2n) is 7.49. The highest BCUT2D eigenvalue weighted by atomic mass is 15.3. The fourth-order valence-electron chi connectivity index (χ4n) is 3.56. The van der Waals surface area contributed by atoms with Gasteiger partial charge in [0.05, 0.1) is 6.20 Å². The van der Waals surface area contributed by atoms with E-state index < -0.39 is 0 Å².